The fourth-order valence-electron chi connectivity index (χ4n) is 2.75. The number of hydrogen-bond acceptors (Lipinski definition) is 3. The number of aromatic nitrogens is 1. The maximum Gasteiger partial charge on any atom is 0.272 e. The van der Waals surface area contributed by atoms with Gasteiger partial charge in [0.15, 0.2) is 0 Å². The van der Waals surface area contributed by atoms with Crippen molar-refractivity contribution in [1.29, 1.82) is 0 Å². The number of benzene rings is 2. The zero-order chi connectivity index (χ0) is 19.9. The zero-order valence-corrected chi connectivity index (χ0v) is 16.2. The van der Waals surface area contributed by atoms with Gasteiger partial charge in [0, 0.05) is 35.6 Å². The fourth-order valence-corrected chi connectivity index (χ4v) is 2.94. The quantitative estimate of drug-likeness (QED) is 0.663. The smallest absolute Gasteiger partial charge is 0.272 e. The molecule has 0 aliphatic carbocycles. The fraction of sp³-hybridized carbons (Fsp3) is 0.136. The molecule has 0 fully saturated rings. The Labute approximate surface area is 169 Å². The topological polar surface area (TPSA) is 62.3 Å². The van der Waals surface area contributed by atoms with Crippen molar-refractivity contribution in [3.8, 4) is 0 Å². The molecule has 0 aliphatic rings. The van der Waals surface area contributed by atoms with Gasteiger partial charge in [0.25, 0.3) is 11.8 Å². The molecule has 0 atom stereocenters. The summed E-state index contributed by atoms with van der Waals surface area (Å²) in [5.41, 5.74) is 2.21. The van der Waals surface area contributed by atoms with Crippen LogP contribution in [0.5, 0.6) is 0 Å². The van der Waals surface area contributed by atoms with Crippen molar-refractivity contribution < 1.29 is 9.59 Å². The molecule has 2 aromatic carbocycles. The van der Waals surface area contributed by atoms with Crippen LogP contribution in [0.2, 0.25) is 5.02 Å². The third-order valence-electron chi connectivity index (χ3n) is 4.21. The molecule has 142 valence electrons. The number of rotatable bonds is 6. The summed E-state index contributed by atoms with van der Waals surface area (Å²) in [6.45, 7) is 2.93. The average Bonchev–Trinajstić information content (AvgIpc) is 2.72. The molecule has 28 heavy (non-hydrogen) atoms. The second-order valence-corrected chi connectivity index (χ2v) is 6.64. The third-order valence-corrected chi connectivity index (χ3v) is 4.44. The lowest BCUT2D eigenvalue weighted by molar-refractivity contribution is 0.0746. The number of hydrogen-bond donors (Lipinski definition) is 1. The first kappa shape index (κ1) is 19.6. The van der Waals surface area contributed by atoms with Crippen LogP contribution in [-0.4, -0.2) is 28.2 Å². The lowest BCUT2D eigenvalue weighted by Gasteiger charge is -2.20. The van der Waals surface area contributed by atoms with Crippen LogP contribution in [0.4, 0.5) is 5.69 Å². The van der Waals surface area contributed by atoms with Gasteiger partial charge >= 0.3 is 0 Å². The van der Waals surface area contributed by atoms with E-state index in [-0.39, 0.29) is 17.5 Å². The molecular weight excluding hydrogens is 374 g/mol. The van der Waals surface area contributed by atoms with E-state index in [1.807, 2.05) is 37.3 Å². The number of carbonyl (C=O) groups excluding carboxylic acids is 2. The van der Waals surface area contributed by atoms with Gasteiger partial charge in [-0.2, -0.15) is 0 Å². The van der Waals surface area contributed by atoms with Gasteiger partial charge in [0.2, 0.25) is 0 Å². The minimum atomic E-state index is -0.329. The van der Waals surface area contributed by atoms with Crippen molar-refractivity contribution in [2.24, 2.45) is 0 Å². The summed E-state index contributed by atoms with van der Waals surface area (Å²) < 4.78 is 0. The predicted molar refractivity (Wildman–Crippen MR) is 110 cm³/mol. The summed E-state index contributed by atoms with van der Waals surface area (Å²) in [4.78, 5) is 31.2. The predicted octanol–water partition coefficient (Wildman–Crippen LogP) is 4.65. The van der Waals surface area contributed by atoms with Crippen LogP contribution in [0.25, 0.3) is 0 Å². The molecule has 0 saturated carbocycles. The van der Waals surface area contributed by atoms with Crippen LogP contribution in [0, 0.1) is 0 Å². The lowest BCUT2D eigenvalue weighted by Crippen LogP contribution is -2.31. The Bertz CT molecular complexity index is 976. The zero-order valence-electron chi connectivity index (χ0n) is 15.4. The summed E-state index contributed by atoms with van der Waals surface area (Å²) >= 11 is 5.95. The molecular formula is C22H20ClN3O2. The van der Waals surface area contributed by atoms with Crippen LogP contribution >= 0.6 is 11.6 Å². The molecule has 3 rings (SSSR count). The van der Waals surface area contributed by atoms with E-state index < -0.39 is 0 Å². The molecule has 3 aromatic rings. The van der Waals surface area contributed by atoms with E-state index in [9.17, 15) is 9.59 Å². The number of pyridine rings is 1. The Balaban J connectivity index is 1.75. The Morgan fingerprint density at radius 2 is 1.82 bits per heavy atom. The van der Waals surface area contributed by atoms with Crippen LogP contribution in [-0.2, 0) is 6.54 Å². The van der Waals surface area contributed by atoms with Gasteiger partial charge in [0.05, 0.1) is 0 Å². The second-order valence-electron chi connectivity index (χ2n) is 6.20. The normalized spacial score (nSPS) is 10.4. The van der Waals surface area contributed by atoms with Gasteiger partial charge in [-0.15, -0.1) is 0 Å². The molecule has 0 saturated heterocycles. The molecule has 1 N–H and O–H groups in total. The molecule has 5 nitrogen and oxygen atoms in total. The molecule has 0 unspecified atom stereocenters. The highest BCUT2D eigenvalue weighted by Gasteiger charge is 2.18. The Morgan fingerprint density at radius 1 is 1.04 bits per heavy atom. The maximum absolute atomic E-state index is 12.9. The van der Waals surface area contributed by atoms with E-state index in [0.29, 0.717) is 29.4 Å². The number of nitrogens with one attached hydrogen (secondary N) is 1. The molecule has 0 aliphatic heterocycles. The standard InChI is InChI=1S/C22H20ClN3O2/c1-2-26(15-16-7-4-3-5-8-16)22(28)20-13-17(11-12-24-20)21(27)25-19-10-6-9-18(23)14-19/h3-14H,2,15H2,1H3,(H,25,27). The third kappa shape index (κ3) is 4.96. The summed E-state index contributed by atoms with van der Waals surface area (Å²) in [6, 6.07) is 19.7. The minimum Gasteiger partial charge on any atom is -0.333 e. The first-order chi connectivity index (χ1) is 13.6. The number of amides is 2. The van der Waals surface area contributed by atoms with E-state index >= 15 is 0 Å². The summed E-state index contributed by atoms with van der Waals surface area (Å²) in [6.07, 6.45) is 1.47. The molecule has 2 amide bonds. The second kappa shape index (κ2) is 9.15. The summed E-state index contributed by atoms with van der Waals surface area (Å²) in [5.74, 6) is -0.548. The van der Waals surface area contributed by atoms with Gasteiger partial charge in [-0.3, -0.25) is 14.6 Å². The average molecular weight is 394 g/mol. The van der Waals surface area contributed by atoms with E-state index in [4.69, 9.17) is 11.6 Å². The highest BCUT2D eigenvalue weighted by molar-refractivity contribution is 6.31. The molecule has 0 radical (unpaired) electrons. The van der Waals surface area contributed by atoms with Crippen LogP contribution in [0.15, 0.2) is 72.9 Å². The number of halogens is 1. The number of carbonyl (C=O) groups is 2. The van der Waals surface area contributed by atoms with E-state index in [1.54, 1.807) is 35.2 Å². The first-order valence-corrected chi connectivity index (χ1v) is 9.31. The maximum atomic E-state index is 12.9. The van der Waals surface area contributed by atoms with Crippen LogP contribution in [0.3, 0.4) is 0 Å². The monoisotopic (exact) mass is 393 g/mol. The Kier molecular flexibility index (Phi) is 6.40. The summed E-state index contributed by atoms with van der Waals surface area (Å²) in [5, 5.41) is 3.30. The highest BCUT2D eigenvalue weighted by Crippen LogP contribution is 2.16. The van der Waals surface area contributed by atoms with Crippen molar-refractivity contribution >= 4 is 29.1 Å². The van der Waals surface area contributed by atoms with E-state index in [1.165, 1.54) is 12.3 Å². The highest BCUT2D eigenvalue weighted by atomic mass is 35.5. The number of nitrogens with zero attached hydrogens (tertiary/aromatic N) is 2. The van der Waals surface area contributed by atoms with Gasteiger partial charge < -0.3 is 10.2 Å². The van der Waals surface area contributed by atoms with Crippen molar-refractivity contribution in [2.75, 3.05) is 11.9 Å². The van der Waals surface area contributed by atoms with Gasteiger partial charge in [-0.05, 0) is 42.8 Å². The largest absolute Gasteiger partial charge is 0.333 e. The summed E-state index contributed by atoms with van der Waals surface area (Å²) in [7, 11) is 0. The van der Waals surface area contributed by atoms with Crippen molar-refractivity contribution in [3.05, 3.63) is 94.8 Å². The SMILES string of the molecule is CCN(Cc1ccccc1)C(=O)c1cc(C(=O)Nc2cccc(Cl)c2)ccn1. The molecule has 0 bridgehead atoms. The van der Waals surface area contributed by atoms with E-state index in [2.05, 4.69) is 10.3 Å². The van der Waals surface area contributed by atoms with Crippen molar-refractivity contribution in [2.45, 2.75) is 13.5 Å². The molecule has 1 heterocycles. The molecule has 1 aromatic heterocycles. The lowest BCUT2D eigenvalue weighted by atomic mass is 10.1. The molecule has 0 spiro atoms. The van der Waals surface area contributed by atoms with Gasteiger partial charge in [-0.1, -0.05) is 48.0 Å². The van der Waals surface area contributed by atoms with Crippen LogP contribution in [0.1, 0.15) is 33.3 Å². The number of anilines is 1. The van der Waals surface area contributed by atoms with E-state index in [0.717, 1.165) is 5.56 Å². The van der Waals surface area contributed by atoms with Crippen molar-refractivity contribution in [3.63, 3.8) is 0 Å². The van der Waals surface area contributed by atoms with Crippen LogP contribution < -0.4 is 5.32 Å². The van der Waals surface area contributed by atoms with Gasteiger partial charge in [-0.25, -0.2) is 0 Å². The Morgan fingerprint density at radius 3 is 2.54 bits per heavy atom. The van der Waals surface area contributed by atoms with Crippen molar-refractivity contribution in [1.82, 2.24) is 9.88 Å². The molecule has 6 heteroatoms. The first-order valence-electron chi connectivity index (χ1n) is 8.93. The Hall–Kier alpha value is -3.18. The van der Waals surface area contributed by atoms with Gasteiger partial charge in [0.1, 0.15) is 5.69 Å². The minimum absolute atomic E-state index is 0.219.